The lowest BCUT2D eigenvalue weighted by Crippen LogP contribution is -2.41. The van der Waals surface area contributed by atoms with E-state index in [4.69, 9.17) is 0 Å². The smallest absolute Gasteiger partial charge is 0.0913 e. The van der Waals surface area contributed by atoms with Crippen molar-refractivity contribution in [3.63, 3.8) is 0 Å². The zero-order valence-corrected chi connectivity index (χ0v) is 36.1. The number of fused-ring (bicyclic) bond motifs is 8. The first-order chi connectivity index (χ1) is 17.2. The van der Waals surface area contributed by atoms with E-state index < -0.39 is 32.3 Å². The molecule has 4 aromatic rings. The monoisotopic (exact) mass is 868 g/mol. The fourth-order valence-electron chi connectivity index (χ4n) is 5.50. The molecule has 4 heterocycles. The maximum Gasteiger partial charge on any atom is 0.0913 e. The minimum Gasteiger partial charge on any atom is -0.152 e. The topological polar surface area (TPSA) is 0 Å². The average molecular weight is 869 g/mol. The fourth-order valence-corrected chi connectivity index (χ4v) is 22.6. The largest absolute Gasteiger partial charge is 0.152 e. The molecule has 0 radical (unpaired) electrons. The number of hydrogen-bond donors (Lipinski definition) is 0. The summed E-state index contributed by atoms with van der Waals surface area (Å²) in [6.07, 6.45) is 0. The van der Waals surface area contributed by atoms with Crippen molar-refractivity contribution < 1.29 is 0 Å². The van der Waals surface area contributed by atoms with Crippen LogP contribution in [0.25, 0.3) is 44.5 Å². The van der Waals surface area contributed by atoms with E-state index in [2.05, 4.69) is 180 Å². The van der Waals surface area contributed by atoms with Crippen LogP contribution in [0.4, 0.5) is 0 Å². The van der Waals surface area contributed by atoms with Gasteiger partial charge in [-0.05, 0) is 73.9 Å². The molecule has 4 aromatic heterocycles. The van der Waals surface area contributed by atoms with E-state index >= 15 is 0 Å². The van der Waals surface area contributed by atoms with Gasteiger partial charge in [0.25, 0.3) is 0 Å². The predicted molar refractivity (Wildman–Crippen MR) is 211 cm³/mol. The van der Waals surface area contributed by atoms with E-state index in [0.29, 0.717) is 0 Å². The molecule has 0 saturated heterocycles. The Morgan fingerprint density at radius 1 is 0.421 bits per heavy atom. The van der Waals surface area contributed by atoms with Crippen molar-refractivity contribution in [1.29, 1.82) is 0 Å². The highest BCUT2D eigenvalue weighted by molar-refractivity contribution is 14.1. The number of hydrogen-bond acceptors (Lipinski definition) is 4. The Labute approximate surface area is 277 Å². The summed E-state index contributed by atoms with van der Waals surface area (Å²) in [6.45, 7) is 30.6. The first kappa shape index (κ1) is 30.6. The van der Waals surface area contributed by atoms with Crippen LogP contribution in [0.15, 0.2) is 10.8 Å². The minimum absolute atomic E-state index is 1.50. The number of halogens is 2. The van der Waals surface area contributed by atoms with E-state index in [1.807, 2.05) is 0 Å². The van der Waals surface area contributed by atoms with Gasteiger partial charge in [-0.1, -0.05) is 78.6 Å². The maximum absolute atomic E-state index is 2.71. The lowest BCUT2D eigenvalue weighted by molar-refractivity contribution is 1.65. The zero-order chi connectivity index (χ0) is 28.3. The molecule has 204 valence electrons. The van der Waals surface area contributed by atoms with Crippen molar-refractivity contribution in [3.05, 3.63) is 16.5 Å². The third-order valence-electron chi connectivity index (χ3n) is 7.08. The molecular formula is C28H38I2S4Si4. The van der Waals surface area contributed by atoms with Gasteiger partial charge >= 0.3 is 0 Å². The summed E-state index contributed by atoms with van der Waals surface area (Å²) in [5.41, 5.74) is 12.7. The van der Waals surface area contributed by atoms with Crippen LogP contribution in [-0.4, -0.2) is 32.3 Å². The van der Waals surface area contributed by atoms with Crippen LogP contribution in [0.3, 0.4) is 0 Å². The van der Waals surface area contributed by atoms with Gasteiger partial charge in [0.05, 0.1) is 38.1 Å². The Morgan fingerprint density at radius 3 is 0.974 bits per heavy atom. The Bertz CT molecular complexity index is 1460. The second-order valence-electron chi connectivity index (χ2n) is 14.6. The van der Waals surface area contributed by atoms with Gasteiger partial charge in [-0.25, -0.2) is 0 Å². The molecule has 0 bridgehead atoms. The summed E-state index contributed by atoms with van der Waals surface area (Å²) in [4.78, 5) is 0. The number of thiophene rings is 4. The molecule has 5 rings (SSSR count). The molecule has 0 nitrogen and oxygen atoms in total. The van der Waals surface area contributed by atoms with E-state index in [-0.39, 0.29) is 0 Å². The normalized spacial score (nSPS) is 14.1. The minimum atomic E-state index is -1.59. The summed E-state index contributed by atoms with van der Waals surface area (Å²) >= 11 is 13.8. The summed E-state index contributed by atoms with van der Waals surface area (Å²) in [5.74, 6) is 0. The van der Waals surface area contributed by atoms with Gasteiger partial charge < -0.3 is 0 Å². The highest BCUT2D eigenvalue weighted by Crippen LogP contribution is 2.54. The maximum atomic E-state index is 2.71. The van der Waals surface area contributed by atoms with Crippen molar-refractivity contribution in [1.82, 2.24) is 0 Å². The Kier molecular flexibility index (Phi) is 7.91. The zero-order valence-electron chi connectivity index (χ0n) is 24.5. The molecule has 38 heavy (non-hydrogen) atoms. The summed E-state index contributed by atoms with van der Waals surface area (Å²) < 4.78 is 9.77. The van der Waals surface area contributed by atoms with Crippen molar-refractivity contribution in [3.8, 4) is 44.5 Å². The average Bonchev–Trinajstić information content (AvgIpc) is 3.45. The van der Waals surface area contributed by atoms with E-state index in [1.165, 1.54) is 16.9 Å². The molecule has 0 unspecified atom stereocenters. The van der Waals surface area contributed by atoms with Crippen LogP contribution < -0.4 is 18.0 Å². The Balaban J connectivity index is 2.11. The molecule has 0 fully saturated rings. The summed E-state index contributed by atoms with van der Waals surface area (Å²) in [5, 5.41) is 5.11. The molecule has 0 N–H and O–H groups in total. The molecule has 0 atom stereocenters. The van der Waals surface area contributed by atoms with Gasteiger partial charge in [0.1, 0.15) is 0 Å². The molecule has 0 aliphatic heterocycles. The van der Waals surface area contributed by atoms with Crippen LogP contribution in [-0.2, 0) is 0 Å². The van der Waals surface area contributed by atoms with Crippen LogP contribution >= 0.6 is 90.5 Å². The van der Waals surface area contributed by atoms with E-state index in [1.54, 1.807) is 51.4 Å². The molecule has 1 aliphatic carbocycles. The van der Waals surface area contributed by atoms with Crippen LogP contribution in [0.2, 0.25) is 78.6 Å². The van der Waals surface area contributed by atoms with Crippen molar-refractivity contribution >= 4 is 141 Å². The molecule has 0 aromatic carbocycles. The highest BCUT2D eigenvalue weighted by Gasteiger charge is 2.41. The molecule has 1 aliphatic rings. The Hall–Kier alpha value is 1.13. The predicted octanol–water partition coefficient (Wildman–Crippen LogP) is 10.3. The summed E-state index contributed by atoms with van der Waals surface area (Å²) in [7, 11) is -6.30. The molecule has 0 saturated carbocycles. The van der Waals surface area contributed by atoms with Crippen molar-refractivity contribution in [2.24, 2.45) is 0 Å². The van der Waals surface area contributed by atoms with Crippen molar-refractivity contribution in [2.45, 2.75) is 78.6 Å². The quantitative estimate of drug-likeness (QED) is 0.125. The molecule has 10 heteroatoms. The SMILES string of the molecule is C[Si](C)(C)c1scc2c1-c1c([Si](C)(C)C)sc(I)c1-c1c(I)sc([Si](C)(C)C)c1-c1c-2csc1[Si](C)(C)C. The first-order valence-electron chi connectivity index (χ1n) is 13.2. The van der Waals surface area contributed by atoms with Gasteiger partial charge in [0.15, 0.2) is 0 Å². The van der Waals surface area contributed by atoms with Gasteiger partial charge in [0, 0.05) is 44.5 Å². The first-order valence-corrected chi connectivity index (χ1v) is 32.7. The summed E-state index contributed by atoms with van der Waals surface area (Å²) in [6, 6.07) is 0. The Morgan fingerprint density at radius 2 is 0.711 bits per heavy atom. The highest BCUT2D eigenvalue weighted by atomic mass is 127. The standard InChI is InChI=1S/C28H38I2S4Si4/c1-35(2,3)25-17-15(13-31-25)16-14-32-26(36(4,5)6)18(16)22-20(24(30)34-28(22)38(10,11)12)19-21(17)27(33-23(19)29)37(7,8)9/h13-14H,1-12H3. The second kappa shape index (κ2) is 9.83. The number of rotatable bonds is 4. The third-order valence-corrected chi connectivity index (χ3v) is 27.8. The van der Waals surface area contributed by atoms with Gasteiger partial charge in [0.2, 0.25) is 0 Å². The molecule has 0 spiro atoms. The lowest BCUT2D eigenvalue weighted by Gasteiger charge is -2.27. The van der Waals surface area contributed by atoms with Crippen molar-refractivity contribution in [2.75, 3.05) is 0 Å². The fraction of sp³-hybridized carbons (Fsp3) is 0.429. The van der Waals surface area contributed by atoms with Gasteiger partial charge in [-0.3, -0.25) is 0 Å². The second-order valence-corrected chi connectivity index (χ2v) is 43.5. The van der Waals surface area contributed by atoms with Gasteiger partial charge in [-0.2, -0.15) is 22.7 Å². The van der Waals surface area contributed by atoms with E-state index in [9.17, 15) is 0 Å². The third kappa shape index (κ3) is 4.93. The van der Waals surface area contributed by atoms with Crippen LogP contribution in [0.5, 0.6) is 0 Å². The van der Waals surface area contributed by atoms with Gasteiger partial charge in [-0.15, -0.1) is 22.7 Å². The van der Waals surface area contributed by atoms with Crippen LogP contribution in [0.1, 0.15) is 0 Å². The lowest BCUT2D eigenvalue weighted by atomic mass is 9.88. The molecule has 0 amide bonds. The molecular weight excluding hydrogens is 831 g/mol. The van der Waals surface area contributed by atoms with Crippen LogP contribution in [0, 0.1) is 5.77 Å². The van der Waals surface area contributed by atoms with E-state index in [0.717, 1.165) is 0 Å².